The summed E-state index contributed by atoms with van der Waals surface area (Å²) in [6, 6.07) is 0.144. The van der Waals surface area contributed by atoms with Gasteiger partial charge >= 0.3 is 5.97 Å². The molecule has 3 rings (SSSR count). The van der Waals surface area contributed by atoms with Crippen molar-refractivity contribution in [3.05, 3.63) is 23.2 Å². The molecule has 2 fully saturated rings. The van der Waals surface area contributed by atoms with Gasteiger partial charge in [0.05, 0.1) is 17.9 Å². The minimum atomic E-state index is -1.00. The summed E-state index contributed by atoms with van der Waals surface area (Å²) in [7, 11) is 1.83. The molecule has 0 aromatic carbocycles. The molecule has 1 N–H and O–H groups in total. The number of ether oxygens (including phenoxy) is 1. The van der Waals surface area contributed by atoms with Crippen molar-refractivity contribution in [2.75, 3.05) is 13.7 Å². The van der Waals surface area contributed by atoms with Gasteiger partial charge in [-0.1, -0.05) is 12.8 Å². The number of nitrogens with zero attached hydrogens (tertiary/aromatic N) is 1. The number of hydrogen-bond acceptors (Lipinski definition) is 4. The summed E-state index contributed by atoms with van der Waals surface area (Å²) in [5, 5.41) is 9.05. The fraction of sp³-hybridized carbons (Fsp3) is 0.684. The number of amides is 1. The monoisotopic (exact) mass is 349 g/mol. The molecule has 1 spiro atoms. The van der Waals surface area contributed by atoms with Gasteiger partial charge in [0.25, 0.3) is 5.91 Å². The van der Waals surface area contributed by atoms with E-state index in [2.05, 4.69) is 0 Å². The molecule has 1 aromatic rings. The van der Waals surface area contributed by atoms with Gasteiger partial charge in [-0.25, -0.2) is 0 Å². The predicted octanol–water partition coefficient (Wildman–Crippen LogP) is 3.02. The Morgan fingerprint density at radius 2 is 2.08 bits per heavy atom. The molecule has 1 amide bonds. The van der Waals surface area contributed by atoms with E-state index in [0.29, 0.717) is 17.7 Å². The Balaban J connectivity index is 1.82. The maximum absolute atomic E-state index is 13.1. The maximum Gasteiger partial charge on any atom is 0.311 e. The van der Waals surface area contributed by atoms with E-state index in [1.54, 1.807) is 11.8 Å². The van der Waals surface area contributed by atoms with Crippen molar-refractivity contribution in [1.29, 1.82) is 0 Å². The van der Waals surface area contributed by atoms with E-state index in [0.717, 1.165) is 19.3 Å². The molecule has 2 aliphatic rings. The zero-order valence-corrected chi connectivity index (χ0v) is 15.2. The molecule has 25 heavy (non-hydrogen) atoms. The summed E-state index contributed by atoms with van der Waals surface area (Å²) in [6.45, 7) is 4.49. The summed E-state index contributed by atoms with van der Waals surface area (Å²) in [5.74, 6) is -0.907. The molecule has 6 nitrogen and oxygen atoms in total. The van der Waals surface area contributed by atoms with Crippen molar-refractivity contribution in [1.82, 2.24) is 4.90 Å². The van der Waals surface area contributed by atoms with Gasteiger partial charge in [-0.05, 0) is 33.1 Å². The van der Waals surface area contributed by atoms with Crippen LogP contribution < -0.4 is 0 Å². The number of aliphatic carboxylic acids is 1. The SMILES string of the molecule is CCOC1CC(N(C)C(=O)c2c(C)coc2CC(=O)O)C12CCCC2. The van der Waals surface area contributed by atoms with Gasteiger partial charge in [-0.2, -0.15) is 0 Å². The quantitative estimate of drug-likeness (QED) is 0.854. The van der Waals surface area contributed by atoms with Crippen LogP contribution in [0, 0.1) is 12.3 Å². The summed E-state index contributed by atoms with van der Waals surface area (Å²) in [4.78, 5) is 25.9. The van der Waals surface area contributed by atoms with E-state index < -0.39 is 5.97 Å². The molecule has 0 aliphatic heterocycles. The van der Waals surface area contributed by atoms with Gasteiger partial charge in [0, 0.05) is 30.7 Å². The van der Waals surface area contributed by atoms with Crippen molar-refractivity contribution in [2.45, 2.75) is 64.5 Å². The largest absolute Gasteiger partial charge is 0.481 e. The Labute approximate surface area is 148 Å². The van der Waals surface area contributed by atoms with Crippen LogP contribution in [0.2, 0.25) is 0 Å². The first-order valence-corrected chi connectivity index (χ1v) is 9.08. The second-order valence-corrected chi connectivity index (χ2v) is 7.34. The van der Waals surface area contributed by atoms with Crippen molar-refractivity contribution in [3.8, 4) is 0 Å². The van der Waals surface area contributed by atoms with Gasteiger partial charge in [0.2, 0.25) is 0 Å². The summed E-state index contributed by atoms with van der Waals surface area (Å²) >= 11 is 0. The fourth-order valence-electron chi connectivity index (χ4n) is 4.76. The number of hydrogen-bond donors (Lipinski definition) is 1. The standard InChI is InChI=1S/C19H27NO5/c1-4-24-15-10-14(19(15)7-5-6-8-19)20(3)18(23)17-12(2)11-25-13(17)9-16(21)22/h11,14-15H,4-10H2,1-3H3,(H,21,22). The van der Waals surface area contributed by atoms with E-state index in [-0.39, 0.29) is 35.6 Å². The average molecular weight is 349 g/mol. The van der Waals surface area contributed by atoms with Gasteiger partial charge in [0.1, 0.15) is 12.2 Å². The van der Waals surface area contributed by atoms with Gasteiger partial charge in [0.15, 0.2) is 0 Å². The molecule has 0 radical (unpaired) electrons. The highest BCUT2D eigenvalue weighted by Crippen LogP contribution is 2.56. The molecule has 6 heteroatoms. The smallest absolute Gasteiger partial charge is 0.311 e. The summed E-state index contributed by atoms with van der Waals surface area (Å²) < 4.78 is 11.3. The Bertz CT molecular complexity index is 659. The van der Waals surface area contributed by atoms with Crippen LogP contribution in [0.25, 0.3) is 0 Å². The number of rotatable bonds is 6. The molecule has 2 aliphatic carbocycles. The van der Waals surface area contributed by atoms with E-state index in [1.165, 1.54) is 19.1 Å². The molecular weight excluding hydrogens is 322 g/mol. The molecule has 0 bridgehead atoms. The second-order valence-electron chi connectivity index (χ2n) is 7.34. The van der Waals surface area contributed by atoms with Crippen LogP contribution in [0.4, 0.5) is 0 Å². The lowest BCUT2D eigenvalue weighted by Crippen LogP contribution is -2.64. The molecule has 1 heterocycles. The Hall–Kier alpha value is -1.82. The van der Waals surface area contributed by atoms with Crippen LogP contribution in [-0.4, -0.2) is 47.7 Å². The van der Waals surface area contributed by atoms with E-state index in [1.807, 2.05) is 14.0 Å². The first-order chi connectivity index (χ1) is 11.9. The van der Waals surface area contributed by atoms with Crippen LogP contribution in [0.5, 0.6) is 0 Å². The minimum Gasteiger partial charge on any atom is -0.481 e. The minimum absolute atomic E-state index is 0.0605. The van der Waals surface area contributed by atoms with Crippen molar-refractivity contribution in [2.24, 2.45) is 5.41 Å². The molecule has 138 valence electrons. The third-order valence-corrected chi connectivity index (χ3v) is 6.01. The second kappa shape index (κ2) is 6.83. The van der Waals surface area contributed by atoms with Crippen molar-refractivity contribution < 1.29 is 23.8 Å². The first-order valence-electron chi connectivity index (χ1n) is 9.08. The summed E-state index contributed by atoms with van der Waals surface area (Å²) in [5.41, 5.74) is 1.15. The normalized spacial score (nSPS) is 24.3. The average Bonchev–Trinajstić information content (AvgIpc) is 3.18. The topological polar surface area (TPSA) is 80.0 Å². The molecule has 2 atom stereocenters. The number of carbonyl (C=O) groups excluding carboxylic acids is 1. The maximum atomic E-state index is 13.1. The van der Waals surface area contributed by atoms with Gasteiger partial charge in [-0.15, -0.1) is 0 Å². The lowest BCUT2D eigenvalue weighted by molar-refractivity contribution is -0.152. The number of carbonyl (C=O) groups is 2. The highest BCUT2D eigenvalue weighted by molar-refractivity contribution is 5.97. The third-order valence-electron chi connectivity index (χ3n) is 6.01. The number of aryl methyl sites for hydroxylation is 1. The summed E-state index contributed by atoms with van der Waals surface area (Å²) in [6.07, 6.45) is 6.80. The number of carboxylic acids is 1. The molecule has 1 aromatic heterocycles. The zero-order chi connectivity index (χ0) is 18.2. The van der Waals surface area contributed by atoms with E-state index in [9.17, 15) is 9.59 Å². The highest BCUT2D eigenvalue weighted by Gasteiger charge is 2.59. The molecule has 2 saturated carbocycles. The molecular formula is C19H27NO5. The van der Waals surface area contributed by atoms with Crippen LogP contribution in [-0.2, 0) is 16.0 Å². The lowest BCUT2D eigenvalue weighted by Gasteiger charge is -2.57. The van der Waals surface area contributed by atoms with E-state index >= 15 is 0 Å². The zero-order valence-electron chi connectivity index (χ0n) is 15.2. The van der Waals surface area contributed by atoms with Crippen molar-refractivity contribution >= 4 is 11.9 Å². The van der Waals surface area contributed by atoms with Gasteiger partial charge < -0.3 is 19.2 Å². The lowest BCUT2D eigenvalue weighted by atomic mass is 9.60. The van der Waals surface area contributed by atoms with Crippen LogP contribution in [0.1, 0.15) is 60.7 Å². The Morgan fingerprint density at radius 1 is 1.40 bits per heavy atom. The first kappa shape index (κ1) is 18.0. The van der Waals surface area contributed by atoms with E-state index in [4.69, 9.17) is 14.3 Å². The third kappa shape index (κ3) is 2.97. The van der Waals surface area contributed by atoms with Gasteiger partial charge in [-0.3, -0.25) is 9.59 Å². The predicted molar refractivity (Wildman–Crippen MR) is 91.6 cm³/mol. The Morgan fingerprint density at radius 3 is 2.68 bits per heavy atom. The number of furan rings is 1. The highest BCUT2D eigenvalue weighted by atomic mass is 16.5. The number of carboxylic acid groups (broad SMARTS) is 1. The van der Waals surface area contributed by atoms with Crippen molar-refractivity contribution in [3.63, 3.8) is 0 Å². The fourth-order valence-corrected chi connectivity index (χ4v) is 4.76. The molecule has 0 saturated heterocycles. The molecule has 2 unspecified atom stereocenters. The van der Waals surface area contributed by atoms with Crippen LogP contribution in [0.3, 0.4) is 0 Å². The van der Waals surface area contributed by atoms with Crippen LogP contribution in [0.15, 0.2) is 10.7 Å². The van der Waals surface area contributed by atoms with Crippen LogP contribution >= 0.6 is 0 Å². The Kier molecular flexibility index (Phi) is 4.91.